The van der Waals surface area contributed by atoms with Crippen molar-refractivity contribution in [3.63, 3.8) is 0 Å². The van der Waals surface area contributed by atoms with Crippen molar-refractivity contribution in [3.8, 4) is 11.5 Å². The summed E-state index contributed by atoms with van der Waals surface area (Å²) in [7, 11) is 0. The highest BCUT2D eigenvalue weighted by Gasteiger charge is 2.33. The van der Waals surface area contributed by atoms with Crippen LogP contribution >= 0.6 is 33.9 Å². The molecule has 0 saturated heterocycles. The average Bonchev–Trinajstić information content (AvgIpc) is 3.27. The van der Waals surface area contributed by atoms with Crippen molar-refractivity contribution in [3.05, 3.63) is 123 Å². The summed E-state index contributed by atoms with van der Waals surface area (Å²) in [5.74, 6) is 0.152. The highest BCUT2D eigenvalue weighted by atomic mass is 127. The van der Waals surface area contributed by atoms with Gasteiger partial charge in [0.25, 0.3) is 5.56 Å². The van der Waals surface area contributed by atoms with Crippen LogP contribution in [-0.2, 0) is 16.1 Å². The van der Waals surface area contributed by atoms with E-state index in [0.717, 1.165) is 20.3 Å². The molecule has 0 radical (unpaired) electrons. The van der Waals surface area contributed by atoms with Crippen LogP contribution in [0, 0.1) is 16.3 Å². The molecular formula is C33H30FIN2O5S. The first kappa shape index (κ1) is 30.7. The second-order valence-corrected chi connectivity index (χ2v) is 12.0. The number of aryl methyl sites for hydroxylation is 1. The second kappa shape index (κ2) is 13.3. The monoisotopic (exact) mass is 712 g/mol. The molecule has 2 heterocycles. The van der Waals surface area contributed by atoms with E-state index in [9.17, 15) is 14.0 Å². The fourth-order valence-electron chi connectivity index (χ4n) is 4.85. The normalized spacial score (nSPS) is 14.7. The van der Waals surface area contributed by atoms with Crippen LogP contribution in [0.2, 0.25) is 0 Å². The number of carbonyl (C=O) groups is 1. The summed E-state index contributed by atoms with van der Waals surface area (Å²) in [4.78, 5) is 32.2. The Balaban J connectivity index is 1.59. The summed E-state index contributed by atoms with van der Waals surface area (Å²) in [6.07, 6.45) is 1.78. The summed E-state index contributed by atoms with van der Waals surface area (Å²) >= 11 is 3.40. The third-order valence-electron chi connectivity index (χ3n) is 6.87. The van der Waals surface area contributed by atoms with Crippen LogP contribution in [0.3, 0.4) is 0 Å². The molecule has 1 aromatic heterocycles. The van der Waals surface area contributed by atoms with Crippen molar-refractivity contribution in [2.75, 3.05) is 13.2 Å². The lowest BCUT2D eigenvalue weighted by molar-refractivity contribution is -0.139. The Hall–Kier alpha value is -3.77. The number of allylic oxidation sites excluding steroid dienone is 1. The zero-order valence-electron chi connectivity index (χ0n) is 24.1. The highest BCUT2D eigenvalue weighted by Crippen LogP contribution is 2.35. The number of hydrogen-bond acceptors (Lipinski definition) is 7. The number of nitrogens with zero attached hydrogens (tertiary/aromatic N) is 2. The van der Waals surface area contributed by atoms with Crippen LogP contribution in [0.15, 0.2) is 81.7 Å². The van der Waals surface area contributed by atoms with Gasteiger partial charge >= 0.3 is 5.97 Å². The van der Waals surface area contributed by atoms with Crippen LogP contribution in [-0.4, -0.2) is 23.8 Å². The van der Waals surface area contributed by atoms with E-state index >= 15 is 0 Å². The van der Waals surface area contributed by atoms with Crippen molar-refractivity contribution >= 4 is 46.0 Å². The van der Waals surface area contributed by atoms with E-state index in [-0.39, 0.29) is 24.6 Å². The third kappa shape index (κ3) is 6.45. The number of esters is 1. The van der Waals surface area contributed by atoms with E-state index in [0.29, 0.717) is 44.3 Å². The van der Waals surface area contributed by atoms with Gasteiger partial charge in [-0.05, 0) is 85.7 Å². The molecule has 3 aromatic carbocycles. The largest absolute Gasteiger partial charge is 0.490 e. The van der Waals surface area contributed by atoms with E-state index in [2.05, 4.69) is 27.6 Å². The van der Waals surface area contributed by atoms with Crippen molar-refractivity contribution in [2.24, 2.45) is 4.99 Å². The van der Waals surface area contributed by atoms with Gasteiger partial charge in [0.1, 0.15) is 12.4 Å². The molecule has 0 amide bonds. The zero-order chi connectivity index (χ0) is 30.7. The van der Waals surface area contributed by atoms with Gasteiger partial charge in [-0.15, -0.1) is 0 Å². The molecule has 1 aliphatic heterocycles. The van der Waals surface area contributed by atoms with Gasteiger partial charge in [-0.1, -0.05) is 59.4 Å². The van der Waals surface area contributed by atoms with E-state index in [4.69, 9.17) is 14.2 Å². The van der Waals surface area contributed by atoms with Gasteiger partial charge in [0.05, 0.1) is 38.6 Å². The van der Waals surface area contributed by atoms with Crippen LogP contribution in [0.4, 0.5) is 4.39 Å². The van der Waals surface area contributed by atoms with Gasteiger partial charge in [-0.3, -0.25) is 9.36 Å². The summed E-state index contributed by atoms with van der Waals surface area (Å²) in [6, 6.07) is 17.2. The first-order chi connectivity index (χ1) is 20.7. The molecule has 0 aliphatic carbocycles. The number of benzene rings is 3. The lowest BCUT2D eigenvalue weighted by Gasteiger charge is -2.24. The molecule has 0 spiro atoms. The number of ether oxygens (including phenoxy) is 3. The Bertz CT molecular complexity index is 1900. The van der Waals surface area contributed by atoms with Gasteiger partial charge in [0.2, 0.25) is 0 Å². The van der Waals surface area contributed by atoms with Crippen LogP contribution < -0.4 is 24.4 Å². The number of fused-ring (bicyclic) bond motifs is 1. The summed E-state index contributed by atoms with van der Waals surface area (Å²) in [6.45, 7) is 8.01. The number of rotatable bonds is 9. The molecule has 0 fully saturated rings. The molecule has 0 N–H and O–H groups in total. The first-order valence-electron chi connectivity index (χ1n) is 13.8. The maximum Gasteiger partial charge on any atom is 0.338 e. The standard InChI is InChI=1S/C33H30FIN2O5S/c1-5-40-26-16-21(15-25(35)30(26)42-18-23-9-7-8-10-24(23)34)17-27-31(38)37-29(22-13-11-19(3)12-14-22)28(32(39)41-6-2)20(4)36-33(37)43-27/h7-17,29H,5-6,18H2,1-4H3/b27-17+/t29-/m1/s1. The molecule has 4 aromatic rings. The van der Waals surface area contributed by atoms with Gasteiger partial charge in [0, 0.05) is 5.56 Å². The van der Waals surface area contributed by atoms with Crippen LogP contribution in [0.1, 0.15) is 49.1 Å². The SMILES string of the molecule is CCOC(=O)C1=C(C)N=c2s/c(=C/c3cc(I)c(OCc4ccccc4F)c(OCC)c3)c(=O)n2[C@@H]1c1ccc(C)cc1. The summed E-state index contributed by atoms with van der Waals surface area (Å²) in [5.41, 5.74) is 3.61. The van der Waals surface area contributed by atoms with Crippen molar-refractivity contribution in [2.45, 2.75) is 40.3 Å². The third-order valence-corrected chi connectivity index (χ3v) is 8.65. The molecule has 0 saturated carbocycles. The lowest BCUT2D eigenvalue weighted by Crippen LogP contribution is -2.39. The number of carbonyl (C=O) groups excluding carboxylic acids is 1. The Kier molecular flexibility index (Phi) is 9.46. The molecule has 7 nitrogen and oxygen atoms in total. The zero-order valence-corrected chi connectivity index (χ0v) is 27.1. The average molecular weight is 713 g/mol. The molecule has 222 valence electrons. The van der Waals surface area contributed by atoms with Crippen molar-refractivity contribution < 1.29 is 23.4 Å². The minimum absolute atomic E-state index is 0.0435. The Morgan fingerprint density at radius 3 is 2.51 bits per heavy atom. The van der Waals surface area contributed by atoms with Gasteiger partial charge in [-0.2, -0.15) is 0 Å². The topological polar surface area (TPSA) is 79.1 Å². The molecule has 10 heteroatoms. The van der Waals surface area contributed by atoms with E-state index in [1.165, 1.54) is 17.4 Å². The fraction of sp³-hybridized carbons (Fsp3) is 0.242. The summed E-state index contributed by atoms with van der Waals surface area (Å²) in [5, 5.41) is 0. The van der Waals surface area contributed by atoms with Gasteiger partial charge in [-0.25, -0.2) is 14.2 Å². The minimum atomic E-state index is -0.675. The Morgan fingerprint density at radius 2 is 1.81 bits per heavy atom. The predicted octanol–water partition coefficient (Wildman–Crippen LogP) is 5.83. The van der Waals surface area contributed by atoms with E-state index < -0.39 is 12.0 Å². The minimum Gasteiger partial charge on any atom is -0.490 e. The quantitative estimate of drug-likeness (QED) is 0.161. The van der Waals surface area contributed by atoms with E-state index in [1.807, 2.05) is 44.2 Å². The van der Waals surface area contributed by atoms with Gasteiger partial charge in [0.15, 0.2) is 16.3 Å². The Morgan fingerprint density at radius 1 is 1.07 bits per heavy atom. The maximum atomic E-state index is 14.2. The van der Waals surface area contributed by atoms with E-state index in [1.54, 1.807) is 48.8 Å². The number of halogens is 2. The number of hydrogen-bond donors (Lipinski definition) is 0. The molecule has 1 aliphatic rings. The second-order valence-electron chi connectivity index (χ2n) is 9.86. The van der Waals surface area contributed by atoms with Crippen LogP contribution in [0.5, 0.6) is 11.5 Å². The smallest absolute Gasteiger partial charge is 0.338 e. The van der Waals surface area contributed by atoms with Crippen molar-refractivity contribution in [1.29, 1.82) is 0 Å². The summed E-state index contributed by atoms with van der Waals surface area (Å²) < 4.78 is 34.2. The first-order valence-corrected chi connectivity index (χ1v) is 15.7. The maximum absolute atomic E-state index is 14.2. The number of thiazole rings is 1. The molecule has 0 unspecified atom stereocenters. The molecular weight excluding hydrogens is 682 g/mol. The highest BCUT2D eigenvalue weighted by molar-refractivity contribution is 14.1. The van der Waals surface area contributed by atoms with Crippen LogP contribution in [0.25, 0.3) is 6.08 Å². The molecule has 1 atom stereocenters. The molecule has 5 rings (SSSR count). The molecule has 43 heavy (non-hydrogen) atoms. The Labute approximate surface area is 266 Å². The predicted molar refractivity (Wildman–Crippen MR) is 173 cm³/mol. The van der Waals surface area contributed by atoms with Crippen molar-refractivity contribution in [1.82, 2.24) is 4.57 Å². The fourth-order valence-corrected chi connectivity index (χ4v) is 6.67. The van der Waals surface area contributed by atoms with Gasteiger partial charge < -0.3 is 14.2 Å². The lowest BCUT2D eigenvalue weighted by atomic mass is 9.95. The number of aromatic nitrogens is 1. The molecule has 0 bridgehead atoms.